The minimum absolute atomic E-state index is 0.691. The van der Waals surface area contributed by atoms with Crippen LogP contribution in [0.3, 0.4) is 0 Å². The van der Waals surface area contributed by atoms with Crippen LogP contribution in [0.15, 0.2) is 48.5 Å². The molecule has 2 unspecified atom stereocenters. The Hall–Kier alpha value is -1.09. The van der Waals surface area contributed by atoms with Gasteiger partial charge in [0, 0.05) is 3.92 Å². The van der Waals surface area contributed by atoms with Crippen LogP contribution in [-0.4, -0.2) is 3.92 Å². The van der Waals surface area contributed by atoms with Crippen LogP contribution in [0.25, 0.3) is 21.5 Å². The lowest BCUT2D eigenvalue weighted by Crippen LogP contribution is -2.16. The molecule has 0 saturated carbocycles. The molecule has 0 aromatic heterocycles. The standard InChI is InChI=1S/C19H17I/c1-12-10-14(20)11-19-15(12)8-9-17-16-5-3-2-4-13(16)6-7-18(17)19/h2-9,12,14H,10-11H2,1H3. The van der Waals surface area contributed by atoms with E-state index in [4.69, 9.17) is 0 Å². The summed E-state index contributed by atoms with van der Waals surface area (Å²) in [5.74, 6) is 0.691. The van der Waals surface area contributed by atoms with Gasteiger partial charge >= 0.3 is 0 Å². The molecule has 0 bridgehead atoms. The highest BCUT2D eigenvalue weighted by Gasteiger charge is 2.24. The van der Waals surface area contributed by atoms with Crippen molar-refractivity contribution in [3.63, 3.8) is 0 Å². The predicted octanol–water partition coefficient (Wildman–Crippen LogP) is 5.85. The van der Waals surface area contributed by atoms with Gasteiger partial charge in [-0.2, -0.15) is 0 Å². The van der Waals surface area contributed by atoms with Gasteiger partial charge in [-0.25, -0.2) is 0 Å². The van der Waals surface area contributed by atoms with Crippen molar-refractivity contribution in [1.82, 2.24) is 0 Å². The van der Waals surface area contributed by atoms with E-state index in [2.05, 4.69) is 78.0 Å². The lowest BCUT2D eigenvalue weighted by atomic mass is 9.81. The highest BCUT2D eigenvalue weighted by molar-refractivity contribution is 14.1. The quantitative estimate of drug-likeness (QED) is 0.264. The van der Waals surface area contributed by atoms with E-state index in [1.807, 2.05) is 0 Å². The Balaban J connectivity index is 2.09. The fraction of sp³-hybridized carbons (Fsp3) is 0.263. The molecule has 0 fully saturated rings. The Morgan fingerprint density at radius 1 is 0.900 bits per heavy atom. The molecule has 2 atom stereocenters. The number of rotatable bonds is 0. The van der Waals surface area contributed by atoms with Crippen molar-refractivity contribution >= 4 is 44.1 Å². The van der Waals surface area contributed by atoms with Gasteiger partial charge in [-0.15, -0.1) is 0 Å². The van der Waals surface area contributed by atoms with Gasteiger partial charge < -0.3 is 0 Å². The van der Waals surface area contributed by atoms with Crippen LogP contribution in [0.5, 0.6) is 0 Å². The second-order valence-corrected chi connectivity index (χ2v) is 7.71. The maximum atomic E-state index is 2.62. The van der Waals surface area contributed by atoms with Crippen LogP contribution in [0.4, 0.5) is 0 Å². The lowest BCUT2D eigenvalue weighted by Gasteiger charge is -2.27. The normalized spacial score (nSPS) is 22.1. The number of alkyl halides is 1. The number of hydrogen-bond acceptors (Lipinski definition) is 0. The minimum atomic E-state index is 0.691. The average Bonchev–Trinajstić information content (AvgIpc) is 2.46. The third-order valence-corrected chi connectivity index (χ3v) is 5.59. The maximum Gasteiger partial charge on any atom is 0.0156 e. The van der Waals surface area contributed by atoms with E-state index in [0.29, 0.717) is 5.92 Å². The fourth-order valence-electron chi connectivity index (χ4n) is 3.67. The van der Waals surface area contributed by atoms with Gasteiger partial charge in [0.1, 0.15) is 0 Å². The largest absolute Gasteiger partial charge is 0.0822 e. The first kappa shape index (κ1) is 12.6. The van der Waals surface area contributed by atoms with Crippen molar-refractivity contribution < 1.29 is 0 Å². The molecule has 3 aromatic carbocycles. The molecule has 0 amide bonds. The molecule has 3 aromatic rings. The van der Waals surface area contributed by atoms with Crippen molar-refractivity contribution in [3.05, 3.63) is 59.7 Å². The second-order valence-electron chi connectivity index (χ2n) is 5.95. The summed E-state index contributed by atoms with van der Waals surface area (Å²) in [5, 5.41) is 5.61. The van der Waals surface area contributed by atoms with Gasteiger partial charge in [-0.05, 0) is 51.4 Å². The number of benzene rings is 3. The Kier molecular flexibility index (Phi) is 2.99. The first-order valence-electron chi connectivity index (χ1n) is 7.31. The molecular weight excluding hydrogens is 355 g/mol. The molecule has 0 aliphatic heterocycles. The topological polar surface area (TPSA) is 0 Å². The third-order valence-electron chi connectivity index (χ3n) is 4.64. The van der Waals surface area contributed by atoms with Gasteiger partial charge in [-0.3, -0.25) is 0 Å². The van der Waals surface area contributed by atoms with Crippen LogP contribution in [0.1, 0.15) is 30.4 Å². The highest BCUT2D eigenvalue weighted by Crippen LogP contribution is 2.39. The minimum Gasteiger partial charge on any atom is -0.0822 e. The molecule has 0 N–H and O–H groups in total. The van der Waals surface area contributed by atoms with Gasteiger partial charge in [0.15, 0.2) is 0 Å². The molecule has 0 nitrogen and oxygen atoms in total. The summed E-state index contributed by atoms with van der Waals surface area (Å²) in [6, 6.07) is 18.0. The number of halogens is 1. The van der Waals surface area contributed by atoms with E-state index in [0.717, 1.165) is 3.92 Å². The van der Waals surface area contributed by atoms with E-state index in [-0.39, 0.29) is 0 Å². The maximum absolute atomic E-state index is 2.62. The molecular formula is C19H17I. The lowest BCUT2D eigenvalue weighted by molar-refractivity contribution is 0.620. The molecule has 4 rings (SSSR count). The monoisotopic (exact) mass is 372 g/mol. The van der Waals surface area contributed by atoms with E-state index in [1.54, 1.807) is 11.1 Å². The average molecular weight is 372 g/mol. The molecule has 0 radical (unpaired) electrons. The van der Waals surface area contributed by atoms with Crippen molar-refractivity contribution in [1.29, 1.82) is 0 Å². The summed E-state index contributed by atoms with van der Waals surface area (Å²) >= 11 is 2.62. The van der Waals surface area contributed by atoms with Crippen molar-refractivity contribution in [2.75, 3.05) is 0 Å². The van der Waals surface area contributed by atoms with Crippen LogP contribution in [0.2, 0.25) is 0 Å². The first-order valence-corrected chi connectivity index (χ1v) is 8.56. The summed E-state index contributed by atoms with van der Waals surface area (Å²) in [5.41, 5.74) is 3.16. The van der Waals surface area contributed by atoms with Crippen LogP contribution in [-0.2, 0) is 6.42 Å². The summed E-state index contributed by atoms with van der Waals surface area (Å²) in [7, 11) is 0. The fourth-order valence-corrected chi connectivity index (χ4v) is 4.88. The van der Waals surface area contributed by atoms with E-state index in [1.165, 1.54) is 34.4 Å². The predicted molar refractivity (Wildman–Crippen MR) is 96.0 cm³/mol. The molecule has 0 heterocycles. The second kappa shape index (κ2) is 4.73. The molecule has 1 aliphatic carbocycles. The summed E-state index contributed by atoms with van der Waals surface area (Å²) < 4.78 is 0.771. The van der Waals surface area contributed by atoms with Crippen LogP contribution in [0, 0.1) is 0 Å². The van der Waals surface area contributed by atoms with Crippen LogP contribution >= 0.6 is 22.6 Å². The molecule has 20 heavy (non-hydrogen) atoms. The van der Waals surface area contributed by atoms with Crippen molar-refractivity contribution in [2.45, 2.75) is 29.6 Å². The molecule has 1 aliphatic rings. The molecule has 0 saturated heterocycles. The third kappa shape index (κ3) is 1.86. The zero-order valence-electron chi connectivity index (χ0n) is 11.6. The Labute approximate surface area is 133 Å². The summed E-state index contributed by atoms with van der Waals surface area (Å²) in [6.07, 6.45) is 2.53. The Bertz CT molecular complexity index is 803. The zero-order chi connectivity index (χ0) is 13.7. The Morgan fingerprint density at radius 2 is 1.70 bits per heavy atom. The van der Waals surface area contributed by atoms with Crippen molar-refractivity contribution in [3.8, 4) is 0 Å². The number of hydrogen-bond donors (Lipinski definition) is 0. The molecule has 1 heteroatoms. The molecule has 100 valence electrons. The van der Waals surface area contributed by atoms with Crippen LogP contribution < -0.4 is 0 Å². The summed E-state index contributed by atoms with van der Waals surface area (Å²) in [6.45, 7) is 2.37. The zero-order valence-corrected chi connectivity index (χ0v) is 13.7. The first-order chi connectivity index (χ1) is 9.74. The number of fused-ring (bicyclic) bond motifs is 5. The van der Waals surface area contributed by atoms with Gasteiger partial charge in [0.05, 0.1) is 0 Å². The van der Waals surface area contributed by atoms with Crippen molar-refractivity contribution in [2.24, 2.45) is 0 Å². The highest BCUT2D eigenvalue weighted by atomic mass is 127. The van der Waals surface area contributed by atoms with Gasteiger partial charge in [-0.1, -0.05) is 78.0 Å². The van der Waals surface area contributed by atoms with Gasteiger partial charge in [0.2, 0.25) is 0 Å². The van der Waals surface area contributed by atoms with E-state index >= 15 is 0 Å². The Morgan fingerprint density at radius 3 is 2.60 bits per heavy atom. The molecule has 0 spiro atoms. The van der Waals surface area contributed by atoms with E-state index in [9.17, 15) is 0 Å². The van der Waals surface area contributed by atoms with Gasteiger partial charge in [0.25, 0.3) is 0 Å². The summed E-state index contributed by atoms with van der Waals surface area (Å²) in [4.78, 5) is 0. The SMILES string of the molecule is CC1CC(I)Cc2c1ccc1c2ccc2ccccc21. The van der Waals surface area contributed by atoms with E-state index < -0.39 is 0 Å². The smallest absolute Gasteiger partial charge is 0.0156 e.